The summed E-state index contributed by atoms with van der Waals surface area (Å²) in [5.74, 6) is 0.548. The van der Waals surface area contributed by atoms with Crippen LogP contribution in [-0.4, -0.2) is 26.8 Å². The van der Waals surface area contributed by atoms with Gasteiger partial charge in [-0.05, 0) is 36.2 Å². The maximum Gasteiger partial charge on any atom is 0.307 e. The minimum atomic E-state index is -0.796. The van der Waals surface area contributed by atoms with Crippen LogP contribution in [0.15, 0.2) is 47.4 Å². The van der Waals surface area contributed by atoms with Crippen molar-refractivity contribution in [1.82, 2.24) is 9.97 Å². The van der Waals surface area contributed by atoms with Crippen molar-refractivity contribution in [2.75, 3.05) is 6.61 Å². The van der Waals surface area contributed by atoms with Crippen LogP contribution in [0, 0.1) is 6.92 Å². The van der Waals surface area contributed by atoms with Gasteiger partial charge in [-0.3, -0.25) is 14.8 Å². The van der Waals surface area contributed by atoms with Gasteiger partial charge in [0.15, 0.2) is 0 Å². The van der Waals surface area contributed by atoms with E-state index in [1.807, 2.05) is 31.2 Å². The number of aliphatic hydroxyl groups excluding tert-OH is 1. The van der Waals surface area contributed by atoms with Crippen molar-refractivity contribution in [3.8, 4) is 11.6 Å². The first-order valence-corrected chi connectivity index (χ1v) is 8.57. The summed E-state index contributed by atoms with van der Waals surface area (Å²) in [4.78, 5) is 18.1. The molecule has 3 N–H and O–H groups in total. The molecule has 130 valence electrons. The van der Waals surface area contributed by atoms with E-state index in [1.165, 1.54) is 0 Å². The van der Waals surface area contributed by atoms with E-state index in [1.54, 1.807) is 18.3 Å². The molecule has 2 aromatic heterocycles. The third-order valence-corrected chi connectivity index (χ3v) is 4.63. The number of rotatable bonds is 6. The normalized spacial score (nSPS) is 12.1. The number of aromatic nitrogens is 2. The maximum atomic E-state index is 11.2. The average molecular weight is 358 g/mol. The monoisotopic (exact) mass is 358 g/mol. The molecule has 0 fully saturated rings. The van der Waals surface area contributed by atoms with Crippen molar-refractivity contribution < 1.29 is 14.9 Å². The average Bonchev–Trinajstić information content (AvgIpc) is 2.91. The molecule has 3 aromatic rings. The van der Waals surface area contributed by atoms with Crippen molar-refractivity contribution in [1.29, 1.82) is 0 Å². The van der Waals surface area contributed by atoms with E-state index < -0.39 is 6.10 Å². The Morgan fingerprint density at radius 3 is 2.68 bits per heavy atom. The highest BCUT2D eigenvalue weighted by molar-refractivity contribution is 7.09. The molecule has 0 aliphatic rings. The van der Waals surface area contributed by atoms with Crippen LogP contribution in [0.5, 0.6) is 11.6 Å². The number of hydrogen-bond donors (Lipinski definition) is 3. The zero-order valence-corrected chi connectivity index (χ0v) is 14.4. The standard InChI is InChI=1S/C18H18N2O4S/c1-11-3-2-8-19-16(11)14(21)10-24-13-6-4-12(5-7-13)9-15-17(22)20-18(23)25-15/h2-8,14,21-22H,9-10H2,1H3,(H,20,23). The topological polar surface area (TPSA) is 95.4 Å². The predicted molar refractivity (Wildman–Crippen MR) is 95.3 cm³/mol. The number of aliphatic hydroxyl groups is 1. The number of ether oxygens (including phenoxy) is 1. The lowest BCUT2D eigenvalue weighted by Gasteiger charge is -2.14. The van der Waals surface area contributed by atoms with E-state index >= 15 is 0 Å². The summed E-state index contributed by atoms with van der Waals surface area (Å²) in [5, 5.41) is 19.8. The lowest BCUT2D eigenvalue weighted by atomic mass is 10.1. The zero-order chi connectivity index (χ0) is 17.8. The smallest absolute Gasteiger partial charge is 0.307 e. The lowest BCUT2D eigenvalue weighted by Crippen LogP contribution is -2.12. The number of nitrogens with zero attached hydrogens (tertiary/aromatic N) is 1. The van der Waals surface area contributed by atoms with E-state index in [0.29, 0.717) is 22.7 Å². The Balaban J connectivity index is 1.60. The molecule has 0 saturated carbocycles. The summed E-state index contributed by atoms with van der Waals surface area (Å²) in [5.41, 5.74) is 2.47. The summed E-state index contributed by atoms with van der Waals surface area (Å²) in [6.07, 6.45) is 1.31. The molecule has 0 aliphatic heterocycles. The summed E-state index contributed by atoms with van der Waals surface area (Å²) in [6.45, 7) is 2.00. The second-order valence-corrected chi connectivity index (χ2v) is 6.71. The van der Waals surface area contributed by atoms with E-state index in [2.05, 4.69) is 9.97 Å². The third kappa shape index (κ3) is 4.26. The van der Waals surface area contributed by atoms with Crippen LogP contribution in [0.25, 0.3) is 0 Å². The van der Waals surface area contributed by atoms with Crippen molar-refractivity contribution >= 4 is 11.3 Å². The molecule has 0 spiro atoms. The maximum absolute atomic E-state index is 11.2. The zero-order valence-electron chi connectivity index (χ0n) is 13.6. The highest BCUT2D eigenvalue weighted by atomic mass is 32.1. The molecule has 0 radical (unpaired) electrons. The second kappa shape index (κ2) is 7.50. The van der Waals surface area contributed by atoms with Gasteiger partial charge in [0.25, 0.3) is 0 Å². The summed E-state index contributed by atoms with van der Waals surface area (Å²) in [7, 11) is 0. The van der Waals surface area contributed by atoms with Crippen LogP contribution in [0.3, 0.4) is 0 Å². The van der Waals surface area contributed by atoms with E-state index in [0.717, 1.165) is 22.5 Å². The lowest BCUT2D eigenvalue weighted by molar-refractivity contribution is 0.104. The Bertz CT molecular complexity index is 902. The van der Waals surface area contributed by atoms with Crippen molar-refractivity contribution in [3.63, 3.8) is 0 Å². The van der Waals surface area contributed by atoms with Crippen LogP contribution in [0.1, 0.15) is 27.8 Å². The second-order valence-electron chi connectivity index (χ2n) is 5.64. The van der Waals surface area contributed by atoms with E-state index in [-0.39, 0.29) is 17.4 Å². The van der Waals surface area contributed by atoms with E-state index in [9.17, 15) is 15.0 Å². The molecule has 2 heterocycles. The SMILES string of the molecule is Cc1cccnc1C(O)COc1ccc(Cc2sc(=O)[nH]c2O)cc1. The first-order chi connectivity index (χ1) is 12.0. The fourth-order valence-corrected chi connectivity index (χ4v) is 3.22. The molecule has 25 heavy (non-hydrogen) atoms. The highest BCUT2D eigenvalue weighted by Crippen LogP contribution is 2.22. The van der Waals surface area contributed by atoms with Crippen LogP contribution in [0.4, 0.5) is 0 Å². The summed E-state index contributed by atoms with van der Waals surface area (Å²) < 4.78 is 5.62. The molecule has 1 aromatic carbocycles. The number of nitrogens with one attached hydrogen (secondary N) is 1. The minimum absolute atomic E-state index is 0.0795. The van der Waals surface area contributed by atoms with Gasteiger partial charge in [0.2, 0.25) is 5.88 Å². The number of H-pyrrole nitrogens is 1. The van der Waals surface area contributed by atoms with Gasteiger partial charge in [0.05, 0.1) is 10.6 Å². The van der Waals surface area contributed by atoms with Gasteiger partial charge < -0.3 is 14.9 Å². The van der Waals surface area contributed by atoms with Gasteiger partial charge >= 0.3 is 4.87 Å². The molecular formula is C18H18N2O4S. The van der Waals surface area contributed by atoms with Crippen LogP contribution in [-0.2, 0) is 6.42 Å². The molecule has 0 amide bonds. The Kier molecular flexibility index (Phi) is 5.16. The highest BCUT2D eigenvalue weighted by Gasteiger charge is 2.12. The Labute approximate surface area is 148 Å². The Morgan fingerprint density at radius 1 is 1.28 bits per heavy atom. The van der Waals surface area contributed by atoms with Gasteiger partial charge in [-0.2, -0.15) is 0 Å². The van der Waals surface area contributed by atoms with Crippen molar-refractivity contribution in [2.45, 2.75) is 19.4 Å². The summed E-state index contributed by atoms with van der Waals surface area (Å²) >= 11 is 0.994. The number of pyridine rings is 1. The quantitative estimate of drug-likeness (QED) is 0.629. The van der Waals surface area contributed by atoms with Crippen LogP contribution < -0.4 is 9.61 Å². The van der Waals surface area contributed by atoms with Crippen molar-refractivity contribution in [3.05, 3.63) is 74.0 Å². The number of benzene rings is 1. The Hall–Kier alpha value is -2.64. The molecule has 0 bridgehead atoms. The molecule has 6 nitrogen and oxygen atoms in total. The van der Waals surface area contributed by atoms with Crippen molar-refractivity contribution in [2.24, 2.45) is 0 Å². The number of aromatic hydroxyl groups is 1. The van der Waals surface area contributed by atoms with E-state index in [4.69, 9.17) is 4.74 Å². The Morgan fingerprint density at radius 2 is 2.04 bits per heavy atom. The van der Waals surface area contributed by atoms with Gasteiger partial charge in [0, 0.05) is 12.6 Å². The largest absolute Gasteiger partial charge is 0.494 e. The van der Waals surface area contributed by atoms with Gasteiger partial charge in [0.1, 0.15) is 18.5 Å². The molecule has 0 aliphatic carbocycles. The van der Waals surface area contributed by atoms with Gasteiger partial charge in [-0.1, -0.05) is 29.5 Å². The summed E-state index contributed by atoms with van der Waals surface area (Å²) in [6, 6.07) is 11.0. The number of hydrogen-bond acceptors (Lipinski definition) is 6. The minimum Gasteiger partial charge on any atom is -0.494 e. The molecule has 0 saturated heterocycles. The van der Waals surface area contributed by atoms with Crippen LogP contribution in [0.2, 0.25) is 0 Å². The van der Waals surface area contributed by atoms with Gasteiger partial charge in [-0.25, -0.2) is 0 Å². The first kappa shape index (κ1) is 17.2. The number of aromatic amines is 1. The third-order valence-electron chi connectivity index (χ3n) is 3.76. The first-order valence-electron chi connectivity index (χ1n) is 7.75. The fourth-order valence-electron chi connectivity index (χ4n) is 2.46. The molecule has 1 atom stereocenters. The number of thiazole rings is 1. The molecule has 7 heteroatoms. The van der Waals surface area contributed by atoms with Crippen LogP contribution >= 0.6 is 11.3 Å². The fraction of sp³-hybridized carbons (Fsp3) is 0.222. The molecule has 3 rings (SSSR count). The molecule has 1 unspecified atom stereocenters. The molecular weight excluding hydrogens is 340 g/mol. The predicted octanol–water partition coefficient (Wildman–Crippen LogP) is 2.55. The number of aryl methyl sites for hydroxylation is 1. The van der Waals surface area contributed by atoms with Gasteiger partial charge in [-0.15, -0.1) is 0 Å².